The summed E-state index contributed by atoms with van der Waals surface area (Å²) in [5.74, 6) is -1.89. The lowest BCUT2D eigenvalue weighted by Crippen LogP contribution is -2.42. The molecule has 16 heavy (non-hydrogen) atoms. The quantitative estimate of drug-likeness (QED) is 0.650. The zero-order valence-corrected chi connectivity index (χ0v) is 9.30. The second kappa shape index (κ2) is 6.65. The monoisotopic (exact) mass is 232 g/mol. The van der Waals surface area contributed by atoms with Gasteiger partial charge in [0.25, 0.3) is 0 Å². The van der Waals surface area contributed by atoms with Crippen molar-refractivity contribution in [1.82, 2.24) is 4.90 Å². The number of ether oxygens (including phenoxy) is 1. The number of carbonyl (C=O) groups is 3. The number of primary amides is 1. The minimum absolute atomic E-state index is 0.129. The fourth-order valence-electron chi connectivity index (χ4n) is 0.866. The number of hydrogen-bond donors (Lipinski definition) is 2. The van der Waals surface area contributed by atoms with E-state index in [9.17, 15) is 14.4 Å². The summed E-state index contributed by atoms with van der Waals surface area (Å²) >= 11 is 0. The minimum Gasteiger partial charge on any atom is -0.480 e. The van der Waals surface area contributed by atoms with E-state index in [1.54, 1.807) is 0 Å². The number of amides is 2. The fourth-order valence-corrected chi connectivity index (χ4v) is 0.866. The molecule has 0 aromatic heterocycles. The molecule has 0 fully saturated rings. The summed E-state index contributed by atoms with van der Waals surface area (Å²) < 4.78 is 4.78. The molecule has 7 nitrogen and oxygen atoms in total. The van der Waals surface area contributed by atoms with E-state index >= 15 is 0 Å². The van der Waals surface area contributed by atoms with Gasteiger partial charge in [0, 0.05) is 0 Å². The van der Waals surface area contributed by atoms with Crippen LogP contribution < -0.4 is 5.73 Å². The molecule has 0 aliphatic carbocycles. The standard InChI is InChI=1S/C9H16N2O5/c1-6(2)5-16-9(15)11(3-7(10)12)4-8(13)14/h6H,3-5H2,1-2H3,(H2,10,12)(H,13,14). The minimum atomic E-state index is -1.23. The largest absolute Gasteiger partial charge is 0.480 e. The molecule has 3 N–H and O–H groups in total. The van der Waals surface area contributed by atoms with Crippen molar-refractivity contribution in [3.05, 3.63) is 0 Å². The molecule has 0 saturated carbocycles. The van der Waals surface area contributed by atoms with Gasteiger partial charge >= 0.3 is 12.1 Å². The zero-order chi connectivity index (χ0) is 12.7. The van der Waals surface area contributed by atoms with Crippen LogP contribution in [0.3, 0.4) is 0 Å². The number of rotatable bonds is 6. The van der Waals surface area contributed by atoms with Gasteiger partial charge in [-0.1, -0.05) is 13.8 Å². The van der Waals surface area contributed by atoms with Gasteiger partial charge in [0.05, 0.1) is 6.61 Å². The van der Waals surface area contributed by atoms with Gasteiger partial charge in [0.2, 0.25) is 5.91 Å². The average Bonchev–Trinajstić information content (AvgIpc) is 2.11. The third-order valence-electron chi connectivity index (χ3n) is 1.47. The Morgan fingerprint density at radius 2 is 1.88 bits per heavy atom. The molecular formula is C9H16N2O5. The molecule has 92 valence electrons. The van der Waals surface area contributed by atoms with Gasteiger partial charge in [-0.05, 0) is 5.92 Å². The summed E-state index contributed by atoms with van der Waals surface area (Å²) in [6.45, 7) is 2.75. The van der Waals surface area contributed by atoms with Crippen molar-refractivity contribution < 1.29 is 24.2 Å². The number of carboxylic acid groups (broad SMARTS) is 1. The predicted molar refractivity (Wildman–Crippen MR) is 54.6 cm³/mol. The van der Waals surface area contributed by atoms with Gasteiger partial charge in [0.15, 0.2) is 0 Å². The molecule has 0 unspecified atom stereocenters. The molecule has 2 amide bonds. The summed E-state index contributed by atoms with van der Waals surface area (Å²) in [7, 11) is 0. The first-order chi connectivity index (χ1) is 7.32. The lowest BCUT2D eigenvalue weighted by atomic mass is 10.2. The van der Waals surface area contributed by atoms with Crippen LogP contribution in [0.4, 0.5) is 4.79 Å². The highest BCUT2D eigenvalue weighted by molar-refractivity contribution is 5.83. The van der Waals surface area contributed by atoms with Gasteiger partial charge in [-0.2, -0.15) is 0 Å². The van der Waals surface area contributed by atoms with Crippen molar-refractivity contribution in [2.24, 2.45) is 11.7 Å². The van der Waals surface area contributed by atoms with Crippen LogP contribution in [-0.2, 0) is 14.3 Å². The first-order valence-electron chi connectivity index (χ1n) is 4.74. The van der Waals surface area contributed by atoms with E-state index in [4.69, 9.17) is 15.6 Å². The summed E-state index contributed by atoms with van der Waals surface area (Å²) in [5, 5.41) is 8.52. The molecule has 0 rings (SSSR count). The van der Waals surface area contributed by atoms with Crippen LogP contribution in [0.2, 0.25) is 0 Å². The molecule has 0 aromatic rings. The van der Waals surface area contributed by atoms with E-state index in [0.717, 1.165) is 4.90 Å². The van der Waals surface area contributed by atoms with E-state index < -0.39 is 31.1 Å². The number of nitrogens with two attached hydrogens (primary N) is 1. The summed E-state index contributed by atoms with van der Waals surface area (Å²) in [5.41, 5.74) is 4.88. The number of aliphatic carboxylic acids is 1. The lowest BCUT2D eigenvalue weighted by molar-refractivity contribution is -0.138. The molecule has 0 atom stereocenters. The third-order valence-corrected chi connectivity index (χ3v) is 1.47. The van der Waals surface area contributed by atoms with Crippen molar-refractivity contribution in [3.8, 4) is 0 Å². The second-order valence-electron chi connectivity index (χ2n) is 3.69. The van der Waals surface area contributed by atoms with Gasteiger partial charge in [-0.3, -0.25) is 14.5 Å². The van der Waals surface area contributed by atoms with Gasteiger partial charge in [-0.15, -0.1) is 0 Å². The van der Waals surface area contributed by atoms with Crippen molar-refractivity contribution >= 4 is 18.0 Å². The first-order valence-corrected chi connectivity index (χ1v) is 4.74. The zero-order valence-electron chi connectivity index (χ0n) is 9.30. The molecule has 0 spiro atoms. The molecule has 7 heteroatoms. The summed E-state index contributed by atoms with van der Waals surface area (Å²) in [6.07, 6.45) is -0.852. The summed E-state index contributed by atoms with van der Waals surface area (Å²) in [6, 6.07) is 0. The molecular weight excluding hydrogens is 216 g/mol. The Balaban J connectivity index is 4.31. The Kier molecular flexibility index (Phi) is 5.91. The van der Waals surface area contributed by atoms with Crippen LogP contribution in [-0.4, -0.2) is 47.7 Å². The first kappa shape index (κ1) is 14.2. The molecule has 0 bridgehead atoms. The number of carbonyl (C=O) groups excluding carboxylic acids is 2. The molecule has 0 heterocycles. The number of nitrogens with zero attached hydrogens (tertiary/aromatic N) is 1. The van der Waals surface area contributed by atoms with Crippen LogP contribution in [0, 0.1) is 5.92 Å². The van der Waals surface area contributed by atoms with Crippen LogP contribution in [0.5, 0.6) is 0 Å². The van der Waals surface area contributed by atoms with Crippen LogP contribution in [0.1, 0.15) is 13.8 Å². The highest BCUT2D eigenvalue weighted by Gasteiger charge is 2.20. The normalized spacial score (nSPS) is 9.94. The van der Waals surface area contributed by atoms with Crippen molar-refractivity contribution in [2.45, 2.75) is 13.8 Å². The Hall–Kier alpha value is -1.79. The second-order valence-corrected chi connectivity index (χ2v) is 3.69. The third kappa shape index (κ3) is 6.63. The predicted octanol–water partition coefficient (Wildman–Crippen LogP) is -0.349. The molecule has 0 aliphatic rings. The molecule has 0 aromatic carbocycles. The molecule has 0 aliphatic heterocycles. The highest BCUT2D eigenvalue weighted by atomic mass is 16.6. The van der Waals surface area contributed by atoms with Crippen molar-refractivity contribution in [1.29, 1.82) is 0 Å². The van der Waals surface area contributed by atoms with Crippen LogP contribution >= 0.6 is 0 Å². The summed E-state index contributed by atoms with van der Waals surface area (Å²) in [4.78, 5) is 33.1. The highest BCUT2D eigenvalue weighted by Crippen LogP contribution is 1.98. The Labute approximate surface area is 93.2 Å². The van der Waals surface area contributed by atoms with Crippen molar-refractivity contribution in [3.63, 3.8) is 0 Å². The number of hydrogen-bond acceptors (Lipinski definition) is 4. The van der Waals surface area contributed by atoms with E-state index in [2.05, 4.69) is 0 Å². The maximum Gasteiger partial charge on any atom is 0.410 e. The Morgan fingerprint density at radius 3 is 2.25 bits per heavy atom. The smallest absolute Gasteiger partial charge is 0.410 e. The van der Waals surface area contributed by atoms with E-state index in [1.807, 2.05) is 13.8 Å². The van der Waals surface area contributed by atoms with Gasteiger partial charge in [-0.25, -0.2) is 4.79 Å². The van der Waals surface area contributed by atoms with Crippen LogP contribution in [0.25, 0.3) is 0 Å². The van der Waals surface area contributed by atoms with Crippen molar-refractivity contribution in [2.75, 3.05) is 19.7 Å². The Morgan fingerprint density at radius 1 is 1.31 bits per heavy atom. The number of carboxylic acids is 1. The van der Waals surface area contributed by atoms with E-state index in [0.29, 0.717) is 0 Å². The van der Waals surface area contributed by atoms with E-state index in [1.165, 1.54) is 0 Å². The maximum atomic E-state index is 11.4. The lowest BCUT2D eigenvalue weighted by Gasteiger charge is -2.19. The fraction of sp³-hybridized carbons (Fsp3) is 0.667. The topological polar surface area (TPSA) is 110 Å². The maximum absolute atomic E-state index is 11.4. The van der Waals surface area contributed by atoms with Gasteiger partial charge < -0.3 is 15.6 Å². The Bertz CT molecular complexity index is 261. The SMILES string of the molecule is CC(C)COC(=O)N(CC(N)=O)CC(=O)O. The average molecular weight is 232 g/mol. The molecule has 0 saturated heterocycles. The van der Waals surface area contributed by atoms with E-state index in [-0.39, 0.29) is 12.5 Å². The van der Waals surface area contributed by atoms with Crippen LogP contribution in [0.15, 0.2) is 0 Å². The molecule has 0 radical (unpaired) electrons. The van der Waals surface area contributed by atoms with Gasteiger partial charge in [0.1, 0.15) is 13.1 Å².